The summed E-state index contributed by atoms with van der Waals surface area (Å²) in [6.45, 7) is 8.63. The third-order valence-electron chi connectivity index (χ3n) is 3.74. The van der Waals surface area contributed by atoms with Crippen LogP contribution in [0.25, 0.3) is 0 Å². The second kappa shape index (κ2) is 2.73. The molecule has 2 aliphatic rings. The predicted octanol–water partition coefficient (Wildman–Crippen LogP) is 1.90. The molecule has 0 aromatic carbocycles. The second-order valence-corrected chi connectivity index (χ2v) is 5.18. The maximum atomic E-state index is 11.7. The van der Waals surface area contributed by atoms with Crippen LogP contribution in [-0.4, -0.2) is 23.9 Å². The molecule has 74 valence electrons. The van der Waals surface area contributed by atoms with Crippen LogP contribution in [0.15, 0.2) is 0 Å². The Labute approximate surface area is 80.3 Å². The lowest BCUT2D eigenvalue weighted by atomic mass is 9.79. The van der Waals surface area contributed by atoms with Crippen molar-refractivity contribution in [2.24, 2.45) is 17.3 Å². The normalized spacial score (nSPS) is 35.5. The Balaban J connectivity index is 1.83. The maximum Gasteiger partial charge on any atom is 0.225 e. The molecule has 0 bridgehead atoms. The zero-order chi connectivity index (χ0) is 9.64. The fourth-order valence-electron chi connectivity index (χ4n) is 2.16. The van der Waals surface area contributed by atoms with Crippen LogP contribution in [-0.2, 0) is 4.79 Å². The Hall–Kier alpha value is -0.530. The van der Waals surface area contributed by atoms with E-state index in [9.17, 15) is 4.79 Å². The van der Waals surface area contributed by atoms with E-state index in [0.29, 0.717) is 23.2 Å². The monoisotopic (exact) mass is 181 g/mol. The average Bonchev–Trinajstić information content (AvgIpc) is 2.76. The quantitative estimate of drug-likeness (QED) is 0.637. The van der Waals surface area contributed by atoms with Crippen LogP contribution in [0.3, 0.4) is 0 Å². The van der Waals surface area contributed by atoms with Crippen molar-refractivity contribution in [1.29, 1.82) is 0 Å². The van der Waals surface area contributed by atoms with Crippen LogP contribution in [0.2, 0.25) is 0 Å². The molecular formula is C11H19NO. The van der Waals surface area contributed by atoms with Crippen molar-refractivity contribution in [1.82, 2.24) is 4.90 Å². The van der Waals surface area contributed by atoms with Crippen molar-refractivity contribution in [3.05, 3.63) is 0 Å². The molecule has 1 heterocycles. The highest BCUT2D eigenvalue weighted by molar-refractivity contribution is 5.82. The van der Waals surface area contributed by atoms with Gasteiger partial charge in [-0.25, -0.2) is 0 Å². The SMILES string of the molecule is CCC1(C)CN(C(=O)[C@H]2C[C@@H]2C)C1. The van der Waals surface area contributed by atoms with Gasteiger partial charge in [0.15, 0.2) is 0 Å². The van der Waals surface area contributed by atoms with E-state index < -0.39 is 0 Å². The van der Waals surface area contributed by atoms with Crippen LogP contribution in [0.4, 0.5) is 0 Å². The first-order valence-electron chi connectivity index (χ1n) is 5.34. The molecule has 2 atom stereocenters. The second-order valence-electron chi connectivity index (χ2n) is 5.18. The summed E-state index contributed by atoms with van der Waals surface area (Å²) in [5.41, 5.74) is 0.424. The topological polar surface area (TPSA) is 20.3 Å². The molecule has 0 spiro atoms. The van der Waals surface area contributed by atoms with Crippen LogP contribution in [0, 0.1) is 17.3 Å². The van der Waals surface area contributed by atoms with E-state index in [0.717, 1.165) is 19.5 Å². The molecule has 1 amide bonds. The first kappa shape index (κ1) is 9.04. The van der Waals surface area contributed by atoms with Gasteiger partial charge in [-0.2, -0.15) is 0 Å². The highest BCUT2D eigenvalue weighted by atomic mass is 16.2. The van der Waals surface area contributed by atoms with Crippen LogP contribution >= 0.6 is 0 Å². The van der Waals surface area contributed by atoms with Crippen molar-refractivity contribution >= 4 is 5.91 Å². The minimum absolute atomic E-state index is 0.376. The highest BCUT2D eigenvalue weighted by Crippen LogP contribution is 2.42. The number of amides is 1. The Kier molecular flexibility index (Phi) is 1.90. The van der Waals surface area contributed by atoms with Gasteiger partial charge in [-0.15, -0.1) is 0 Å². The molecule has 1 saturated heterocycles. The fraction of sp³-hybridized carbons (Fsp3) is 0.909. The van der Waals surface area contributed by atoms with E-state index in [2.05, 4.69) is 20.8 Å². The lowest BCUT2D eigenvalue weighted by molar-refractivity contribution is -0.144. The lowest BCUT2D eigenvalue weighted by Crippen LogP contribution is -2.57. The summed E-state index contributed by atoms with van der Waals surface area (Å²) < 4.78 is 0. The number of likely N-dealkylation sites (tertiary alicyclic amines) is 1. The number of carbonyl (C=O) groups excluding carboxylic acids is 1. The highest BCUT2D eigenvalue weighted by Gasteiger charge is 2.47. The van der Waals surface area contributed by atoms with E-state index in [1.807, 2.05) is 4.90 Å². The molecule has 0 aromatic rings. The molecule has 2 heteroatoms. The molecule has 2 fully saturated rings. The Morgan fingerprint density at radius 1 is 1.54 bits per heavy atom. The first-order chi connectivity index (χ1) is 6.06. The van der Waals surface area contributed by atoms with Crippen molar-refractivity contribution in [3.8, 4) is 0 Å². The lowest BCUT2D eigenvalue weighted by Gasteiger charge is -2.48. The van der Waals surface area contributed by atoms with E-state index in [1.54, 1.807) is 0 Å². The van der Waals surface area contributed by atoms with E-state index >= 15 is 0 Å². The smallest absolute Gasteiger partial charge is 0.225 e. The zero-order valence-electron chi connectivity index (χ0n) is 8.84. The van der Waals surface area contributed by atoms with Crippen LogP contribution in [0.5, 0.6) is 0 Å². The Bertz CT molecular complexity index is 230. The molecule has 1 saturated carbocycles. The predicted molar refractivity (Wildman–Crippen MR) is 52.2 cm³/mol. The largest absolute Gasteiger partial charge is 0.341 e. The summed E-state index contributed by atoms with van der Waals surface area (Å²) in [4.78, 5) is 13.8. The van der Waals surface area contributed by atoms with Crippen LogP contribution in [0.1, 0.15) is 33.6 Å². The van der Waals surface area contributed by atoms with Gasteiger partial charge < -0.3 is 4.90 Å². The van der Waals surface area contributed by atoms with Gasteiger partial charge in [0.05, 0.1) is 0 Å². The fourth-order valence-corrected chi connectivity index (χ4v) is 2.16. The number of hydrogen-bond donors (Lipinski definition) is 0. The molecule has 1 aliphatic heterocycles. The molecular weight excluding hydrogens is 162 g/mol. The summed E-state index contributed by atoms with van der Waals surface area (Å²) in [6, 6.07) is 0. The summed E-state index contributed by atoms with van der Waals surface area (Å²) in [6.07, 6.45) is 2.31. The number of carbonyl (C=O) groups is 1. The van der Waals surface area contributed by atoms with Gasteiger partial charge in [0, 0.05) is 24.4 Å². The molecule has 0 unspecified atom stereocenters. The molecule has 0 radical (unpaired) electrons. The van der Waals surface area contributed by atoms with E-state index in [4.69, 9.17) is 0 Å². The van der Waals surface area contributed by atoms with Crippen molar-refractivity contribution < 1.29 is 4.79 Å². The minimum atomic E-state index is 0.376. The van der Waals surface area contributed by atoms with Gasteiger partial charge in [-0.1, -0.05) is 20.8 Å². The molecule has 2 rings (SSSR count). The first-order valence-corrected chi connectivity index (χ1v) is 5.34. The maximum absolute atomic E-state index is 11.7. The Morgan fingerprint density at radius 2 is 2.08 bits per heavy atom. The third-order valence-corrected chi connectivity index (χ3v) is 3.74. The van der Waals surface area contributed by atoms with Crippen LogP contribution < -0.4 is 0 Å². The van der Waals surface area contributed by atoms with Gasteiger partial charge >= 0.3 is 0 Å². The van der Waals surface area contributed by atoms with E-state index in [-0.39, 0.29) is 0 Å². The van der Waals surface area contributed by atoms with Gasteiger partial charge in [-0.3, -0.25) is 4.79 Å². The summed E-state index contributed by atoms with van der Waals surface area (Å²) in [5.74, 6) is 1.45. The van der Waals surface area contributed by atoms with Gasteiger partial charge in [0.1, 0.15) is 0 Å². The third kappa shape index (κ3) is 1.47. The molecule has 0 N–H and O–H groups in total. The standard InChI is InChI=1S/C11H19NO/c1-4-11(3)6-12(7-11)10(13)9-5-8(9)2/h8-9H,4-7H2,1-3H3/t8-,9-/m0/s1. The minimum Gasteiger partial charge on any atom is -0.341 e. The van der Waals surface area contributed by atoms with Gasteiger partial charge in [0.2, 0.25) is 5.91 Å². The van der Waals surface area contributed by atoms with Crippen molar-refractivity contribution in [2.45, 2.75) is 33.6 Å². The number of hydrogen-bond acceptors (Lipinski definition) is 1. The average molecular weight is 181 g/mol. The molecule has 13 heavy (non-hydrogen) atoms. The van der Waals surface area contributed by atoms with Crippen molar-refractivity contribution in [2.75, 3.05) is 13.1 Å². The zero-order valence-corrected chi connectivity index (χ0v) is 8.84. The summed E-state index contributed by atoms with van der Waals surface area (Å²) in [5, 5.41) is 0. The Morgan fingerprint density at radius 3 is 2.46 bits per heavy atom. The van der Waals surface area contributed by atoms with Gasteiger partial charge in [0.25, 0.3) is 0 Å². The molecule has 1 aliphatic carbocycles. The molecule has 2 nitrogen and oxygen atoms in total. The number of nitrogens with zero attached hydrogens (tertiary/aromatic N) is 1. The summed E-state index contributed by atoms with van der Waals surface area (Å²) >= 11 is 0. The van der Waals surface area contributed by atoms with Crippen molar-refractivity contribution in [3.63, 3.8) is 0 Å². The molecule has 0 aromatic heterocycles. The van der Waals surface area contributed by atoms with E-state index in [1.165, 1.54) is 6.42 Å². The summed E-state index contributed by atoms with van der Waals surface area (Å²) in [7, 11) is 0. The van der Waals surface area contributed by atoms with Gasteiger partial charge in [-0.05, 0) is 18.8 Å². The number of rotatable bonds is 2.